The quantitative estimate of drug-likeness (QED) is 0.924. The number of aliphatic hydroxyl groups is 1. The summed E-state index contributed by atoms with van der Waals surface area (Å²) in [5, 5.41) is 10.1. The molecule has 1 aromatic carbocycles. The predicted molar refractivity (Wildman–Crippen MR) is 65.8 cm³/mol. The molecule has 100 valence electrons. The van der Waals surface area contributed by atoms with Crippen molar-refractivity contribution in [2.24, 2.45) is 0 Å². The second kappa shape index (κ2) is 5.75. The van der Waals surface area contributed by atoms with Crippen molar-refractivity contribution in [2.45, 2.75) is 13.0 Å². The molecule has 2 rings (SSSR count). The molecule has 0 fully saturated rings. The van der Waals surface area contributed by atoms with Crippen LogP contribution in [-0.2, 0) is 0 Å². The van der Waals surface area contributed by atoms with Gasteiger partial charge in [-0.2, -0.15) is 0 Å². The SMILES string of the molecule is CCOc1cncc(C(O)c2ccc(F)cc2F)c1. The number of hydrogen-bond acceptors (Lipinski definition) is 3. The van der Waals surface area contributed by atoms with Crippen LogP contribution in [0.2, 0.25) is 0 Å². The van der Waals surface area contributed by atoms with Crippen LogP contribution in [0.4, 0.5) is 8.78 Å². The van der Waals surface area contributed by atoms with Gasteiger partial charge in [-0.3, -0.25) is 4.98 Å². The highest BCUT2D eigenvalue weighted by atomic mass is 19.1. The van der Waals surface area contributed by atoms with Crippen LogP contribution in [0.3, 0.4) is 0 Å². The molecule has 1 N–H and O–H groups in total. The van der Waals surface area contributed by atoms with Crippen molar-refractivity contribution in [3.63, 3.8) is 0 Å². The highest BCUT2D eigenvalue weighted by Crippen LogP contribution is 2.26. The largest absolute Gasteiger partial charge is 0.492 e. The minimum atomic E-state index is -1.21. The number of aliphatic hydroxyl groups excluding tert-OH is 1. The molecule has 1 unspecified atom stereocenters. The minimum Gasteiger partial charge on any atom is -0.492 e. The zero-order chi connectivity index (χ0) is 13.8. The van der Waals surface area contributed by atoms with Gasteiger partial charge in [0.25, 0.3) is 0 Å². The first kappa shape index (κ1) is 13.4. The Morgan fingerprint density at radius 3 is 2.74 bits per heavy atom. The molecule has 0 aliphatic carbocycles. The van der Waals surface area contributed by atoms with Crippen molar-refractivity contribution in [3.05, 3.63) is 59.4 Å². The maximum absolute atomic E-state index is 13.6. The summed E-state index contributed by atoms with van der Waals surface area (Å²) in [6.07, 6.45) is 1.70. The first-order valence-electron chi connectivity index (χ1n) is 5.82. The molecule has 0 spiro atoms. The Hall–Kier alpha value is -2.01. The first-order valence-corrected chi connectivity index (χ1v) is 5.82. The van der Waals surface area contributed by atoms with Gasteiger partial charge in [0, 0.05) is 23.4 Å². The summed E-state index contributed by atoms with van der Waals surface area (Å²) in [6.45, 7) is 2.29. The van der Waals surface area contributed by atoms with E-state index in [2.05, 4.69) is 4.98 Å². The number of ether oxygens (including phenoxy) is 1. The lowest BCUT2D eigenvalue weighted by atomic mass is 10.0. The number of benzene rings is 1. The number of aromatic nitrogens is 1. The molecular formula is C14H13F2NO2. The molecule has 1 atom stereocenters. The summed E-state index contributed by atoms with van der Waals surface area (Å²) in [5.74, 6) is -0.995. The van der Waals surface area contributed by atoms with E-state index in [0.717, 1.165) is 12.1 Å². The van der Waals surface area contributed by atoms with E-state index in [1.54, 1.807) is 6.07 Å². The van der Waals surface area contributed by atoms with Crippen molar-refractivity contribution < 1.29 is 18.6 Å². The van der Waals surface area contributed by atoms with Gasteiger partial charge in [-0.25, -0.2) is 8.78 Å². The van der Waals surface area contributed by atoms with Gasteiger partial charge in [0.1, 0.15) is 23.5 Å². The molecule has 1 heterocycles. The van der Waals surface area contributed by atoms with Crippen LogP contribution in [0.15, 0.2) is 36.7 Å². The summed E-state index contributed by atoms with van der Waals surface area (Å²) in [4.78, 5) is 3.92. The van der Waals surface area contributed by atoms with E-state index in [1.807, 2.05) is 6.92 Å². The van der Waals surface area contributed by atoms with Crippen LogP contribution in [0, 0.1) is 11.6 Å². The molecule has 0 amide bonds. The second-order valence-electron chi connectivity index (χ2n) is 3.96. The highest BCUT2D eigenvalue weighted by Gasteiger charge is 2.16. The molecule has 0 aliphatic rings. The molecule has 2 aromatic rings. The first-order chi connectivity index (χ1) is 9.11. The van der Waals surface area contributed by atoms with Gasteiger partial charge in [-0.15, -0.1) is 0 Å². The summed E-state index contributed by atoms with van der Waals surface area (Å²) >= 11 is 0. The van der Waals surface area contributed by atoms with E-state index in [4.69, 9.17) is 4.74 Å². The summed E-state index contributed by atoms with van der Waals surface area (Å²) < 4.78 is 31.7. The molecule has 0 saturated carbocycles. The Bertz CT molecular complexity index is 575. The van der Waals surface area contributed by atoms with E-state index in [-0.39, 0.29) is 5.56 Å². The maximum Gasteiger partial charge on any atom is 0.137 e. The molecule has 0 saturated heterocycles. The van der Waals surface area contributed by atoms with Gasteiger partial charge in [-0.1, -0.05) is 6.07 Å². The maximum atomic E-state index is 13.6. The lowest BCUT2D eigenvalue weighted by Crippen LogP contribution is -2.04. The molecular weight excluding hydrogens is 252 g/mol. The average Bonchev–Trinajstić information content (AvgIpc) is 2.39. The molecule has 19 heavy (non-hydrogen) atoms. The summed E-state index contributed by atoms with van der Waals surface area (Å²) in [7, 11) is 0. The fraction of sp³-hybridized carbons (Fsp3) is 0.214. The topological polar surface area (TPSA) is 42.4 Å². The van der Waals surface area contributed by atoms with E-state index >= 15 is 0 Å². The molecule has 3 nitrogen and oxygen atoms in total. The van der Waals surface area contributed by atoms with Crippen LogP contribution >= 0.6 is 0 Å². The Kier molecular flexibility index (Phi) is 4.06. The minimum absolute atomic E-state index is 0.00292. The van der Waals surface area contributed by atoms with Gasteiger partial charge in [0.2, 0.25) is 0 Å². The second-order valence-corrected chi connectivity index (χ2v) is 3.96. The van der Waals surface area contributed by atoms with Crippen molar-refractivity contribution in [3.8, 4) is 5.75 Å². The van der Waals surface area contributed by atoms with Crippen LogP contribution in [0.1, 0.15) is 24.2 Å². The van der Waals surface area contributed by atoms with Gasteiger partial charge in [0.05, 0.1) is 12.8 Å². The Morgan fingerprint density at radius 2 is 2.05 bits per heavy atom. The number of halogens is 2. The fourth-order valence-electron chi connectivity index (χ4n) is 1.73. The molecule has 5 heteroatoms. The van der Waals surface area contributed by atoms with Crippen LogP contribution in [0.5, 0.6) is 5.75 Å². The van der Waals surface area contributed by atoms with E-state index in [1.165, 1.54) is 18.5 Å². The lowest BCUT2D eigenvalue weighted by Gasteiger charge is -2.13. The van der Waals surface area contributed by atoms with Gasteiger partial charge in [0.15, 0.2) is 0 Å². The van der Waals surface area contributed by atoms with E-state index < -0.39 is 17.7 Å². The third-order valence-corrected chi connectivity index (χ3v) is 2.62. The van der Waals surface area contributed by atoms with Gasteiger partial charge in [-0.05, 0) is 19.1 Å². The van der Waals surface area contributed by atoms with Crippen LogP contribution in [0.25, 0.3) is 0 Å². The summed E-state index contributed by atoms with van der Waals surface area (Å²) in [6, 6.07) is 4.62. The molecule has 0 radical (unpaired) electrons. The number of hydrogen-bond donors (Lipinski definition) is 1. The third-order valence-electron chi connectivity index (χ3n) is 2.62. The monoisotopic (exact) mass is 265 g/mol. The number of pyridine rings is 1. The zero-order valence-corrected chi connectivity index (χ0v) is 10.3. The number of nitrogens with zero attached hydrogens (tertiary/aromatic N) is 1. The summed E-state index contributed by atoms with van der Waals surface area (Å²) in [5.41, 5.74) is 0.383. The van der Waals surface area contributed by atoms with Gasteiger partial charge >= 0.3 is 0 Å². The Labute approximate surface area is 109 Å². The fourth-order valence-corrected chi connectivity index (χ4v) is 1.73. The third kappa shape index (κ3) is 3.06. The van der Waals surface area contributed by atoms with Crippen molar-refractivity contribution in [1.82, 2.24) is 4.98 Å². The lowest BCUT2D eigenvalue weighted by molar-refractivity contribution is 0.213. The predicted octanol–water partition coefficient (Wildman–Crippen LogP) is 2.84. The van der Waals surface area contributed by atoms with Crippen LogP contribution < -0.4 is 4.74 Å². The average molecular weight is 265 g/mol. The van der Waals surface area contributed by atoms with Gasteiger partial charge < -0.3 is 9.84 Å². The molecule has 1 aromatic heterocycles. The van der Waals surface area contributed by atoms with Crippen molar-refractivity contribution in [1.29, 1.82) is 0 Å². The van der Waals surface area contributed by atoms with Crippen molar-refractivity contribution >= 4 is 0 Å². The smallest absolute Gasteiger partial charge is 0.137 e. The van der Waals surface area contributed by atoms with Crippen molar-refractivity contribution in [2.75, 3.05) is 6.61 Å². The highest BCUT2D eigenvalue weighted by molar-refractivity contribution is 5.33. The van der Waals surface area contributed by atoms with E-state index in [9.17, 15) is 13.9 Å². The normalized spacial score (nSPS) is 12.2. The Morgan fingerprint density at radius 1 is 1.26 bits per heavy atom. The zero-order valence-electron chi connectivity index (χ0n) is 10.3. The van der Waals surface area contributed by atoms with Crippen LogP contribution in [-0.4, -0.2) is 16.7 Å². The number of rotatable bonds is 4. The molecule has 0 bridgehead atoms. The molecule has 0 aliphatic heterocycles. The standard InChI is InChI=1S/C14H13F2NO2/c1-2-19-11-5-9(7-17-8-11)14(18)12-4-3-10(15)6-13(12)16/h3-8,14,18H,2H2,1H3. The van der Waals surface area contributed by atoms with E-state index in [0.29, 0.717) is 17.9 Å². The Balaban J connectivity index is 2.32.